The van der Waals surface area contributed by atoms with Crippen molar-refractivity contribution in [1.82, 2.24) is 4.57 Å². The molecule has 2 rings (SSSR count). The Morgan fingerprint density at radius 2 is 2.14 bits per heavy atom. The van der Waals surface area contributed by atoms with Gasteiger partial charge in [-0.15, -0.1) is 0 Å². The number of hydrogen-bond acceptors (Lipinski definition) is 2. The Morgan fingerprint density at radius 1 is 1.43 bits per heavy atom. The van der Waals surface area contributed by atoms with Crippen molar-refractivity contribution in [3.8, 4) is 5.75 Å². The van der Waals surface area contributed by atoms with Crippen molar-refractivity contribution in [3.05, 3.63) is 39.6 Å². The van der Waals surface area contributed by atoms with E-state index < -0.39 is 0 Å². The molecular weight excluding hydrogens is 202 g/mol. The second-order valence-electron chi connectivity index (χ2n) is 3.12. The molecule has 0 saturated heterocycles. The summed E-state index contributed by atoms with van der Waals surface area (Å²) in [5.74, 6) is -0.248. The number of halogens is 1. The molecule has 0 unspecified atom stereocenters. The zero-order valence-electron chi connectivity index (χ0n) is 7.49. The topological polar surface area (TPSA) is 42.2 Å². The molecule has 14 heavy (non-hydrogen) atoms. The molecule has 0 saturated carbocycles. The smallest absolute Gasteiger partial charge is 0.230 e. The minimum Gasteiger partial charge on any atom is -0.503 e. The highest BCUT2D eigenvalue weighted by Gasteiger charge is 2.05. The lowest BCUT2D eigenvalue weighted by Crippen LogP contribution is -2.06. The fourth-order valence-electron chi connectivity index (χ4n) is 1.44. The van der Waals surface area contributed by atoms with Gasteiger partial charge in [-0.1, -0.05) is 11.6 Å². The average Bonchev–Trinajstić information content (AvgIpc) is 2.14. The van der Waals surface area contributed by atoms with Crippen LogP contribution in [0.1, 0.15) is 0 Å². The van der Waals surface area contributed by atoms with Crippen molar-refractivity contribution in [2.45, 2.75) is 0 Å². The Hall–Kier alpha value is -1.48. The van der Waals surface area contributed by atoms with Gasteiger partial charge in [-0.05, 0) is 18.2 Å². The maximum Gasteiger partial charge on any atom is 0.230 e. The zero-order valence-corrected chi connectivity index (χ0v) is 8.25. The first-order valence-corrected chi connectivity index (χ1v) is 4.45. The van der Waals surface area contributed by atoms with Gasteiger partial charge in [0.05, 0.1) is 11.7 Å². The van der Waals surface area contributed by atoms with Gasteiger partial charge in [0.15, 0.2) is 5.75 Å². The third kappa shape index (κ3) is 1.26. The quantitative estimate of drug-likeness (QED) is 0.720. The Kier molecular flexibility index (Phi) is 1.97. The second-order valence-corrected chi connectivity index (χ2v) is 3.55. The molecule has 0 aliphatic heterocycles. The van der Waals surface area contributed by atoms with Crippen molar-refractivity contribution in [3.63, 3.8) is 0 Å². The Labute approximate surface area is 85.2 Å². The van der Waals surface area contributed by atoms with Crippen LogP contribution in [-0.4, -0.2) is 9.67 Å². The number of aryl methyl sites for hydroxylation is 1. The van der Waals surface area contributed by atoms with E-state index in [0.717, 1.165) is 0 Å². The standard InChI is InChI=1S/C10H8ClNO2/c1-12-5-9(13)10(14)7-3-2-6(11)4-8(7)12/h2-5,13H,1H3. The molecule has 0 fully saturated rings. The lowest BCUT2D eigenvalue weighted by atomic mass is 10.2. The summed E-state index contributed by atoms with van der Waals surface area (Å²) in [5, 5.41) is 10.3. The van der Waals surface area contributed by atoms with Gasteiger partial charge >= 0.3 is 0 Å². The first-order chi connectivity index (χ1) is 6.59. The van der Waals surface area contributed by atoms with E-state index in [1.807, 2.05) is 0 Å². The fraction of sp³-hybridized carbons (Fsp3) is 0.100. The summed E-state index contributed by atoms with van der Waals surface area (Å²) in [7, 11) is 1.75. The number of aromatic nitrogens is 1. The normalized spacial score (nSPS) is 10.7. The highest BCUT2D eigenvalue weighted by molar-refractivity contribution is 6.31. The summed E-state index contributed by atoms with van der Waals surface area (Å²) in [4.78, 5) is 11.5. The van der Waals surface area contributed by atoms with Crippen LogP contribution in [0.25, 0.3) is 10.9 Å². The van der Waals surface area contributed by atoms with Crippen LogP contribution >= 0.6 is 11.6 Å². The summed E-state index contributed by atoms with van der Waals surface area (Å²) < 4.78 is 1.66. The SMILES string of the molecule is Cn1cc(O)c(=O)c2ccc(Cl)cc21. The summed E-state index contributed by atoms with van der Waals surface area (Å²) in [6.07, 6.45) is 1.38. The molecule has 3 nitrogen and oxygen atoms in total. The zero-order chi connectivity index (χ0) is 10.3. The Bertz CT molecular complexity index is 560. The van der Waals surface area contributed by atoms with Crippen LogP contribution in [0.5, 0.6) is 5.75 Å². The van der Waals surface area contributed by atoms with Crippen LogP contribution in [0.15, 0.2) is 29.2 Å². The highest BCUT2D eigenvalue weighted by Crippen LogP contribution is 2.18. The first kappa shape index (κ1) is 9.09. The predicted octanol–water partition coefficient (Wildman–Crippen LogP) is 1.90. The van der Waals surface area contributed by atoms with Crippen LogP contribution in [0, 0.1) is 0 Å². The van der Waals surface area contributed by atoms with Crippen LogP contribution in [0.2, 0.25) is 5.02 Å². The minimum atomic E-state index is -0.366. The third-order valence-electron chi connectivity index (χ3n) is 2.13. The molecule has 1 aromatic heterocycles. The molecule has 0 spiro atoms. The van der Waals surface area contributed by atoms with E-state index >= 15 is 0 Å². The second kappa shape index (κ2) is 3.03. The Balaban J connectivity index is 3.02. The van der Waals surface area contributed by atoms with Gasteiger partial charge in [0.2, 0.25) is 5.43 Å². The summed E-state index contributed by atoms with van der Waals surface area (Å²) in [6, 6.07) is 4.93. The number of hydrogen-bond donors (Lipinski definition) is 1. The Morgan fingerprint density at radius 3 is 2.86 bits per heavy atom. The molecular formula is C10H8ClNO2. The van der Waals surface area contributed by atoms with Crippen LogP contribution < -0.4 is 5.43 Å². The van der Waals surface area contributed by atoms with E-state index in [4.69, 9.17) is 11.6 Å². The predicted molar refractivity (Wildman–Crippen MR) is 55.9 cm³/mol. The number of nitrogens with zero attached hydrogens (tertiary/aromatic N) is 1. The van der Waals surface area contributed by atoms with E-state index in [2.05, 4.69) is 0 Å². The fourth-order valence-corrected chi connectivity index (χ4v) is 1.60. The highest BCUT2D eigenvalue weighted by atomic mass is 35.5. The molecule has 0 aliphatic carbocycles. The van der Waals surface area contributed by atoms with Crippen molar-refractivity contribution in [2.24, 2.45) is 7.05 Å². The molecule has 0 atom stereocenters. The van der Waals surface area contributed by atoms with Gasteiger partial charge in [-0.3, -0.25) is 4.79 Å². The number of aromatic hydroxyl groups is 1. The lowest BCUT2D eigenvalue weighted by molar-refractivity contribution is 0.466. The maximum absolute atomic E-state index is 11.5. The molecule has 0 bridgehead atoms. The van der Waals surface area contributed by atoms with E-state index in [9.17, 15) is 9.90 Å². The molecule has 0 aliphatic rings. The first-order valence-electron chi connectivity index (χ1n) is 4.07. The van der Waals surface area contributed by atoms with Gasteiger partial charge in [0.1, 0.15) is 0 Å². The largest absolute Gasteiger partial charge is 0.503 e. The molecule has 0 radical (unpaired) electrons. The van der Waals surface area contributed by atoms with Gasteiger partial charge in [0, 0.05) is 17.5 Å². The molecule has 1 aromatic carbocycles. The van der Waals surface area contributed by atoms with Crippen molar-refractivity contribution >= 4 is 22.5 Å². The average molecular weight is 210 g/mol. The summed E-state index contributed by atoms with van der Waals surface area (Å²) in [6.45, 7) is 0. The number of fused-ring (bicyclic) bond motifs is 1. The molecule has 2 aromatic rings. The number of rotatable bonds is 0. The molecule has 1 N–H and O–H groups in total. The number of pyridine rings is 1. The molecule has 0 amide bonds. The van der Waals surface area contributed by atoms with Crippen LogP contribution in [-0.2, 0) is 7.05 Å². The van der Waals surface area contributed by atoms with Gasteiger partial charge in [-0.2, -0.15) is 0 Å². The van der Waals surface area contributed by atoms with Crippen LogP contribution in [0.4, 0.5) is 0 Å². The minimum absolute atomic E-state index is 0.248. The van der Waals surface area contributed by atoms with E-state index in [0.29, 0.717) is 15.9 Å². The van der Waals surface area contributed by atoms with Crippen molar-refractivity contribution in [1.29, 1.82) is 0 Å². The van der Waals surface area contributed by atoms with Crippen molar-refractivity contribution in [2.75, 3.05) is 0 Å². The molecule has 4 heteroatoms. The summed E-state index contributed by atoms with van der Waals surface area (Å²) >= 11 is 5.80. The van der Waals surface area contributed by atoms with Gasteiger partial charge < -0.3 is 9.67 Å². The van der Waals surface area contributed by atoms with E-state index in [1.54, 1.807) is 29.8 Å². The van der Waals surface area contributed by atoms with E-state index in [1.165, 1.54) is 6.20 Å². The third-order valence-corrected chi connectivity index (χ3v) is 2.37. The summed E-state index contributed by atoms with van der Waals surface area (Å²) in [5.41, 5.74) is 0.343. The van der Waals surface area contributed by atoms with E-state index in [-0.39, 0.29) is 11.2 Å². The van der Waals surface area contributed by atoms with Crippen LogP contribution in [0.3, 0.4) is 0 Å². The van der Waals surface area contributed by atoms with Gasteiger partial charge in [0.25, 0.3) is 0 Å². The molecule has 1 heterocycles. The maximum atomic E-state index is 11.5. The van der Waals surface area contributed by atoms with Crippen molar-refractivity contribution < 1.29 is 5.11 Å². The lowest BCUT2D eigenvalue weighted by Gasteiger charge is -2.05. The number of benzene rings is 1. The van der Waals surface area contributed by atoms with Gasteiger partial charge in [-0.25, -0.2) is 0 Å². The molecule has 72 valence electrons. The monoisotopic (exact) mass is 209 g/mol.